The highest BCUT2D eigenvalue weighted by Crippen LogP contribution is 2.32. The van der Waals surface area contributed by atoms with Crippen LogP contribution in [0.1, 0.15) is 5.56 Å². The molecule has 0 unspecified atom stereocenters. The topological polar surface area (TPSA) is 62.8 Å². The zero-order chi connectivity index (χ0) is 15.5. The van der Waals surface area contributed by atoms with Gasteiger partial charge in [0.2, 0.25) is 0 Å². The largest absolute Gasteiger partial charge is 0.398 e. The Morgan fingerprint density at radius 1 is 1.00 bits per heavy atom. The molecule has 0 saturated carbocycles. The molecule has 1 aromatic heterocycles. The van der Waals surface area contributed by atoms with Crippen LogP contribution >= 0.6 is 0 Å². The number of nitrogens with one attached hydrogen (secondary N) is 1. The van der Waals surface area contributed by atoms with Gasteiger partial charge < -0.3 is 11.1 Å². The van der Waals surface area contributed by atoms with Gasteiger partial charge in [-0.15, -0.1) is 0 Å². The molecule has 0 radical (unpaired) electrons. The van der Waals surface area contributed by atoms with Crippen LogP contribution in [0.2, 0.25) is 0 Å². The predicted octanol–water partition coefficient (Wildman–Crippen LogP) is 4.13. The van der Waals surface area contributed by atoms with Crippen LogP contribution in [0.4, 0.5) is 10.1 Å². The molecule has 4 heteroatoms. The number of pyridine rings is 1. The van der Waals surface area contributed by atoms with E-state index in [2.05, 4.69) is 4.98 Å². The first-order valence-corrected chi connectivity index (χ1v) is 6.81. The third kappa shape index (κ3) is 2.46. The summed E-state index contributed by atoms with van der Waals surface area (Å²) in [6.45, 7) is 0. The Bertz CT molecular complexity index is 843. The van der Waals surface area contributed by atoms with E-state index in [1.807, 2.05) is 12.1 Å². The van der Waals surface area contributed by atoms with Crippen LogP contribution < -0.4 is 5.73 Å². The zero-order valence-electron chi connectivity index (χ0n) is 11.8. The summed E-state index contributed by atoms with van der Waals surface area (Å²) < 4.78 is 14.1. The Balaban J connectivity index is 2.19. The van der Waals surface area contributed by atoms with Crippen molar-refractivity contribution in [2.75, 3.05) is 5.73 Å². The summed E-state index contributed by atoms with van der Waals surface area (Å²) in [6.07, 6.45) is 2.85. The van der Waals surface area contributed by atoms with Crippen molar-refractivity contribution in [1.82, 2.24) is 4.98 Å². The van der Waals surface area contributed by atoms with Gasteiger partial charge in [-0.05, 0) is 29.8 Å². The van der Waals surface area contributed by atoms with Gasteiger partial charge in [-0.25, -0.2) is 4.39 Å². The molecule has 2 aromatic carbocycles. The Morgan fingerprint density at radius 2 is 1.77 bits per heavy atom. The van der Waals surface area contributed by atoms with Gasteiger partial charge in [0.05, 0.1) is 5.69 Å². The van der Waals surface area contributed by atoms with E-state index in [-0.39, 0.29) is 5.82 Å². The third-order valence-electron chi connectivity index (χ3n) is 3.49. The van der Waals surface area contributed by atoms with Crippen LogP contribution in [0, 0.1) is 11.2 Å². The van der Waals surface area contributed by atoms with Crippen molar-refractivity contribution in [3.05, 3.63) is 72.2 Å². The average molecular weight is 291 g/mol. The van der Waals surface area contributed by atoms with E-state index in [1.54, 1.807) is 42.6 Å². The number of halogens is 1. The van der Waals surface area contributed by atoms with E-state index < -0.39 is 0 Å². The fraction of sp³-hybridized carbons (Fsp3) is 0. The SMILES string of the molecule is N=Cc1ccc(-c2cccnc2-c2ccccc2F)cc1N. The fourth-order valence-corrected chi connectivity index (χ4v) is 2.38. The molecule has 0 saturated heterocycles. The monoisotopic (exact) mass is 291 g/mol. The lowest BCUT2D eigenvalue weighted by Crippen LogP contribution is -1.95. The van der Waals surface area contributed by atoms with Gasteiger partial charge in [-0.3, -0.25) is 4.98 Å². The van der Waals surface area contributed by atoms with Crippen molar-refractivity contribution in [2.45, 2.75) is 0 Å². The number of benzene rings is 2. The number of rotatable bonds is 3. The Hall–Kier alpha value is -3.01. The van der Waals surface area contributed by atoms with Crippen molar-refractivity contribution in [3.8, 4) is 22.4 Å². The van der Waals surface area contributed by atoms with Crippen LogP contribution in [0.15, 0.2) is 60.8 Å². The standard InChI is InChI=1S/C18H14FN3/c19-16-6-2-1-4-15(16)18-14(5-3-9-22-18)12-7-8-13(11-20)17(21)10-12/h1-11,20H,21H2. The van der Waals surface area contributed by atoms with Gasteiger partial charge in [0.1, 0.15) is 5.82 Å². The van der Waals surface area contributed by atoms with Crippen molar-refractivity contribution in [1.29, 1.82) is 5.41 Å². The summed E-state index contributed by atoms with van der Waals surface area (Å²) in [5.74, 6) is -0.313. The Morgan fingerprint density at radius 3 is 2.50 bits per heavy atom. The first kappa shape index (κ1) is 13.9. The van der Waals surface area contributed by atoms with Gasteiger partial charge in [-0.1, -0.05) is 30.3 Å². The second kappa shape index (κ2) is 5.77. The summed E-state index contributed by atoms with van der Waals surface area (Å²) in [5, 5.41) is 7.30. The highest BCUT2D eigenvalue weighted by atomic mass is 19.1. The molecular formula is C18H14FN3. The molecule has 0 aliphatic rings. The summed E-state index contributed by atoms with van der Waals surface area (Å²) >= 11 is 0. The maximum atomic E-state index is 14.1. The highest BCUT2D eigenvalue weighted by molar-refractivity contribution is 5.89. The summed E-state index contributed by atoms with van der Waals surface area (Å²) in [5.41, 5.74) is 9.77. The molecule has 3 nitrogen and oxygen atoms in total. The minimum Gasteiger partial charge on any atom is -0.398 e. The molecule has 1 heterocycles. The van der Waals surface area contributed by atoms with E-state index >= 15 is 0 Å². The minimum absolute atomic E-state index is 0.313. The molecule has 0 amide bonds. The lowest BCUT2D eigenvalue weighted by molar-refractivity contribution is 0.631. The number of aromatic nitrogens is 1. The molecule has 0 aliphatic heterocycles. The van der Waals surface area contributed by atoms with Crippen LogP contribution in [-0.2, 0) is 0 Å². The van der Waals surface area contributed by atoms with Crippen molar-refractivity contribution >= 4 is 11.9 Å². The normalized spacial score (nSPS) is 10.4. The lowest BCUT2D eigenvalue weighted by atomic mass is 9.97. The van der Waals surface area contributed by atoms with Crippen LogP contribution in [0.5, 0.6) is 0 Å². The molecule has 0 atom stereocenters. The number of hydrogen-bond donors (Lipinski definition) is 2. The first-order chi connectivity index (χ1) is 10.7. The molecule has 0 bridgehead atoms. The zero-order valence-corrected chi connectivity index (χ0v) is 11.8. The van der Waals surface area contributed by atoms with Crippen molar-refractivity contribution < 1.29 is 4.39 Å². The lowest BCUT2D eigenvalue weighted by Gasteiger charge is -2.11. The summed E-state index contributed by atoms with van der Waals surface area (Å²) in [7, 11) is 0. The van der Waals surface area contributed by atoms with Crippen molar-refractivity contribution in [3.63, 3.8) is 0 Å². The number of nitrogen functional groups attached to an aromatic ring is 1. The van der Waals surface area contributed by atoms with E-state index in [1.165, 1.54) is 12.3 Å². The smallest absolute Gasteiger partial charge is 0.132 e. The first-order valence-electron chi connectivity index (χ1n) is 6.81. The van der Waals surface area contributed by atoms with Crippen LogP contribution in [-0.4, -0.2) is 11.2 Å². The van der Waals surface area contributed by atoms with E-state index in [9.17, 15) is 4.39 Å². The number of hydrogen-bond acceptors (Lipinski definition) is 3. The minimum atomic E-state index is -0.313. The van der Waals surface area contributed by atoms with Crippen LogP contribution in [0.3, 0.4) is 0 Å². The molecule has 0 fully saturated rings. The molecule has 3 N–H and O–H groups in total. The van der Waals surface area contributed by atoms with Gasteiger partial charge >= 0.3 is 0 Å². The van der Waals surface area contributed by atoms with Crippen molar-refractivity contribution in [2.24, 2.45) is 0 Å². The Kier molecular flexibility index (Phi) is 3.66. The van der Waals surface area contributed by atoms with E-state index in [0.717, 1.165) is 11.1 Å². The summed E-state index contributed by atoms with van der Waals surface area (Å²) in [4.78, 5) is 4.33. The highest BCUT2D eigenvalue weighted by Gasteiger charge is 2.12. The molecule has 0 spiro atoms. The number of nitrogens with two attached hydrogens (primary N) is 1. The second-order valence-electron chi connectivity index (χ2n) is 4.87. The molecule has 0 aliphatic carbocycles. The van der Waals surface area contributed by atoms with E-state index in [0.29, 0.717) is 22.5 Å². The number of anilines is 1. The molecule has 108 valence electrons. The molecular weight excluding hydrogens is 277 g/mol. The van der Waals surface area contributed by atoms with Gasteiger partial charge in [0, 0.05) is 34.8 Å². The summed E-state index contributed by atoms with van der Waals surface area (Å²) in [6, 6.07) is 15.7. The number of nitrogens with zero attached hydrogens (tertiary/aromatic N) is 1. The predicted molar refractivity (Wildman–Crippen MR) is 87.4 cm³/mol. The molecule has 3 rings (SSSR count). The quantitative estimate of drug-likeness (QED) is 0.563. The van der Waals surface area contributed by atoms with E-state index in [4.69, 9.17) is 11.1 Å². The van der Waals surface area contributed by atoms with Crippen LogP contribution in [0.25, 0.3) is 22.4 Å². The maximum absolute atomic E-state index is 14.1. The Labute approximate surface area is 127 Å². The van der Waals surface area contributed by atoms with Gasteiger partial charge in [0.25, 0.3) is 0 Å². The average Bonchev–Trinajstić information content (AvgIpc) is 2.55. The molecule has 22 heavy (non-hydrogen) atoms. The third-order valence-corrected chi connectivity index (χ3v) is 3.49. The van der Waals surface area contributed by atoms with Gasteiger partial charge in [0.15, 0.2) is 0 Å². The van der Waals surface area contributed by atoms with Gasteiger partial charge in [-0.2, -0.15) is 0 Å². The second-order valence-corrected chi connectivity index (χ2v) is 4.87. The fourth-order valence-electron chi connectivity index (χ4n) is 2.38. The molecule has 3 aromatic rings. The maximum Gasteiger partial charge on any atom is 0.132 e.